The molecule has 0 radical (unpaired) electrons. The fourth-order valence-corrected chi connectivity index (χ4v) is 1.61. The molecule has 1 aromatic rings. The van der Waals surface area contributed by atoms with E-state index in [1.54, 1.807) is 0 Å². The van der Waals surface area contributed by atoms with Crippen LogP contribution in [0.5, 0.6) is 0 Å². The van der Waals surface area contributed by atoms with E-state index in [9.17, 15) is 9.59 Å². The average Bonchev–Trinajstić information content (AvgIpc) is 2.51. The predicted molar refractivity (Wildman–Crippen MR) is 79.4 cm³/mol. The Morgan fingerprint density at radius 2 is 1.90 bits per heavy atom. The Balaban J connectivity index is 2.07. The fourth-order valence-electron chi connectivity index (χ4n) is 1.61. The van der Waals surface area contributed by atoms with Gasteiger partial charge in [-0.1, -0.05) is 36.3 Å². The number of methoxy groups -OCH3 is 1. The summed E-state index contributed by atoms with van der Waals surface area (Å²) in [6, 6.07) is 9.88. The number of hydrogen-bond acceptors (Lipinski definition) is 4. The van der Waals surface area contributed by atoms with Crippen molar-refractivity contribution < 1.29 is 19.1 Å². The fraction of sp³-hybridized carbons (Fsp3) is 0.412. The van der Waals surface area contributed by atoms with Crippen molar-refractivity contribution in [1.82, 2.24) is 0 Å². The maximum atomic E-state index is 11.4. The van der Waals surface area contributed by atoms with Crippen LogP contribution in [0.15, 0.2) is 30.3 Å². The van der Waals surface area contributed by atoms with Crippen LogP contribution in [0.3, 0.4) is 0 Å². The smallest absolute Gasteiger partial charge is 0.305 e. The largest absolute Gasteiger partial charge is 0.469 e. The Bertz CT molecular complexity index is 497. The van der Waals surface area contributed by atoms with Crippen LogP contribution < -0.4 is 0 Å². The third-order valence-electron chi connectivity index (χ3n) is 2.72. The van der Waals surface area contributed by atoms with Crippen molar-refractivity contribution in [2.45, 2.75) is 32.3 Å². The Kier molecular flexibility index (Phi) is 8.58. The molecule has 0 aliphatic rings. The van der Waals surface area contributed by atoms with Crippen LogP contribution in [-0.4, -0.2) is 25.5 Å². The molecule has 112 valence electrons. The normalized spacial score (nSPS) is 9.57. The first-order chi connectivity index (χ1) is 10.2. The van der Waals surface area contributed by atoms with E-state index in [4.69, 9.17) is 4.74 Å². The van der Waals surface area contributed by atoms with E-state index in [2.05, 4.69) is 16.6 Å². The molecule has 0 saturated carbocycles. The number of Topliss-reactive ketones (excluding diaryl/α,β-unsaturated/α-hetero) is 1. The Morgan fingerprint density at radius 3 is 2.62 bits per heavy atom. The molecule has 0 aliphatic carbocycles. The van der Waals surface area contributed by atoms with E-state index in [1.807, 2.05) is 30.3 Å². The second-order valence-corrected chi connectivity index (χ2v) is 4.44. The van der Waals surface area contributed by atoms with Gasteiger partial charge >= 0.3 is 5.97 Å². The predicted octanol–water partition coefficient (Wildman–Crippen LogP) is 2.51. The number of benzene rings is 1. The van der Waals surface area contributed by atoms with Crippen LogP contribution >= 0.6 is 0 Å². The molecule has 21 heavy (non-hydrogen) atoms. The summed E-state index contributed by atoms with van der Waals surface area (Å²) in [6.07, 6.45) is 1.54. The molecule has 0 N–H and O–H groups in total. The Hall–Kier alpha value is -2.12. The number of carbonyl (C=O) groups is 2. The summed E-state index contributed by atoms with van der Waals surface area (Å²) in [7, 11) is 1.33. The highest BCUT2D eigenvalue weighted by Gasteiger charge is 2.02. The molecule has 0 spiro atoms. The van der Waals surface area contributed by atoms with Crippen molar-refractivity contribution in [2.75, 3.05) is 13.7 Å². The van der Waals surface area contributed by atoms with Crippen LogP contribution in [0.2, 0.25) is 0 Å². The van der Waals surface area contributed by atoms with E-state index in [0.717, 1.165) is 5.56 Å². The maximum Gasteiger partial charge on any atom is 0.305 e. The summed E-state index contributed by atoms with van der Waals surface area (Å²) in [5.41, 5.74) is 1.12. The number of carbonyl (C=O) groups excluding carboxylic acids is 2. The SMILES string of the molecule is COC(=O)CCCC(=O)C#CCCOCc1ccccc1. The first-order valence-electron chi connectivity index (χ1n) is 6.92. The van der Waals surface area contributed by atoms with E-state index in [0.29, 0.717) is 26.1 Å². The summed E-state index contributed by atoms with van der Waals surface area (Å²) in [6.45, 7) is 1.05. The number of rotatable bonds is 8. The molecule has 4 nitrogen and oxygen atoms in total. The van der Waals surface area contributed by atoms with Gasteiger partial charge in [-0.2, -0.15) is 0 Å². The van der Waals surface area contributed by atoms with Crippen molar-refractivity contribution in [1.29, 1.82) is 0 Å². The van der Waals surface area contributed by atoms with Gasteiger partial charge in [-0.15, -0.1) is 0 Å². The zero-order valence-corrected chi connectivity index (χ0v) is 12.3. The van der Waals surface area contributed by atoms with Crippen molar-refractivity contribution in [3.05, 3.63) is 35.9 Å². The van der Waals surface area contributed by atoms with Crippen molar-refractivity contribution in [3.8, 4) is 11.8 Å². The Labute approximate surface area is 125 Å². The minimum atomic E-state index is -0.301. The molecule has 0 aromatic heterocycles. The number of hydrogen-bond donors (Lipinski definition) is 0. The molecule has 1 rings (SSSR count). The van der Waals surface area contributed by atoms with Crippen LogP contribution in [0.25, 0.3) is 0 Å². The summed E-state index contributed by atoms with van der Waals surface area (Å²) in [5.74, 6) is 4.88. The summed E-state index contributed by atoms with van der Waals surface area (Å²) in [5, 5.41) is 0. The van der Waals surface area contributed by atoms with E-state index >= 15 is 0 Å². The highest BCUT2D eigenvalue weighted by Crippen LogP contribution is 2.00. The first kappa shape index (κ1) is 16.9. The molecular weight excluding hydrogens is 268 g/mol. The van der Waals surface area contributed by atoms with Crippen molar-refractivity contribution in [2.24, 2.45) is 0 Å². The molecule has 0 fully saturated rings. The highest BCUT2D eigenvalue weighted by atomic mass is 16.5. The van der Waals surface area contributed by atoms with Gasteiger partial charge < -0.3 is 9.47 Å². The van der Waals surface area contributed by atoms with Gasteiger partial charge in [0.25, 0.3) is 0 Å². The molecule has 0 amide bonds. The van der Waals surface area contributed by atoms with Gasteiger partial charge in [-0.05, 0) is 17.9 Å². The van der Waals surface area contributed by atoms with Gasteiger partial charge in [-0.25, -0.2) is 0 Å². The van der Waals surface area contributed by atoms with Crippen LogP contribution in [-0.2, 0) is 25.7 Å². The van der Waals surface area contributed by atoms with E-state index in [1.165, 1.54) is 7.11 Å². The molecular formula is C17H20O4. The van der Waals surface area contributed by atoms with Gasteiger partial charge in [0, 0.05) is 19.3 Å². The lowest BCUT2D eigenvalue weighted by Gasteiger charge is -2.01. The minimum absolute atomic E-state index is 0.151. The van der Waals surface area contributed by atoms with Gasteiger partial charge in [0.05, 0.1) is 20.3 Å². The lowest BCUT2D eigenvalue weighted by atomic mass is 10.2. The lowest BCUT2D eigenvalue weighted by Crippen LogP contribution is -2.02. The molecule has 0 heterocycles. The molecule has 0 bridgehead atoms. The summed E-state index contributed by atoms with van der Waals surface area (Å²) < 4.78 is 9.94. The van der Waals surface area contributed by atoms with Gasteiger partial charge in [-0.3, -0.25) is 9.59 Å². The minimum Gasteiger partial charge on any atom is -0.469 e. The van der Waals surface area contributed by atoms with E-state index < -0.39 is 0 Å². The Morgan fingerprint density at radius 1 is 1.14 bits per heavy atom. The standard InChI is InChI=1S/C17H20O4/c1-20-17(19)12-7-11-16(18)10-5-6-13-21-14-15-8-3-2-4-9-15/h2-4,8-9H,6-7,11-14H2,1H3. The molecule has 4 heteroatoms. The van der Waals surface area contributed by atoms with Crippen LogP contribution in [0.1, 0.15) is 31.2 Å². The number of ketones is 1. The number of esters is 1. The molecule has 0 saturated heterocycles. The monoisotopic (exact) mass is 288 g/mol. The zero-order valence-electron chi connectivity index (χ0n) is 12.3. The average molecular weight is 288 g/mol. The lowest BCUT2D eigenvalue weighted by molar-refractivity contribution is -0.140. The molecule has 0 aliphatic heterocycles. The maximum absolute atomic E-state index is 11.4. The third kappa shape index (κ3) is 8.61. The molecule has 0 atom stereocenters. The number of ether oxygens (including phenoxy) is 2. The summed E-state index contributed by atoms with van der Waals surface area (Å²) in [4.78, 5) is 22.3. The van der Waals surface area contributed by atoms with Crippen LogP contribution in [0, 0.1) is 11.8 Å². The third-order valence-corrected chi connectivity index (χ3v) is 2.72. The van der Waals surface area contributed by atoms with Crippen LogP contribution in [0.4, 0.5) is 0 Å². The quantitative estimate of drug-likeness (QED) is 0.319. The zero-order chi connectivity index (χ0) is 15.3. The van der Waals surface area contributed by atoms with Crippen molar-refractivity contribution >= 4 is 11.8 Å². The second kappa shape index (κ2) is 10.6. The van der Waals surface area contributed by atoms with Gasteiger partial charge in [0.2, 0.25) is 5.78 Å². The second-order valence-electron chi connectivity index (χ2n) is 4.44. The topological polar surface area (TPSA) is 52.6 Å². The highest BCUT2D eigenvalue weighted by molar-refractivity contribution is 5.95. The molecule has 0 unspecified atom stereocenters. The van der Waals surface area contributed by atoms with Gasteiger partial charge in [0.1, 0.15) is 0 Å². The van der Waals surface area contributed by atoms with Crippen molar-refractivity contribution in [3.63, 3.8) is 0 Å². The molecule has 1 aromatic carbocycles. The first-order valence-corrected chi connectivity index (χ1v) is 6.92. The van der Waals surface area contributed by atoms with Gasteiger partial charge in [0.15, 0.2) is 0 Å². The van der Waals surface area contributed by atoms with E-state index in [-0.39, 0.29) is 24.6 Å². The summed E-state index contributed by atoms with van der Waals surface area (Å²) >= 11 is 0.